The lowest BCUT2D eigenvalue weighted by atomic mass is 9.82. The fourth-order valence-electron chi connectivity index (χ4n) is 2.85. The number of hydrogen-bond donors (Lipinski definition) is 2. The summed E-state index contributed by atoms with van der Waals surface area (Å²) < 4.78 is 5.37. The molecule has 0 spiro atoms. The molecule has 3 N–H and O–H groups in total. The second-order valence-electron chi connectivity index (χ2n) is 6.19. The maximum atomic E-state index is 9.53. The van der Waals surface area contributed by atoms with Crippen molar-refractivity contribution in [1.29, 1.82) is 5.26 Å². The summed E-state index contributed by atoms with van der Waals surface area (Å²) in [4.78, 5) is 8.75. The first kappa shape index (κ1) is 16.2. The van der Waals surface area contributed by atoms with E-state index in [0.29, 0.717) is 25.6 Å². The summed E-state index contributed by atoms with van der Waals surface area (Å²) in [5.74, 6) is 1.23. The maximum Gasteiger partial charge on any atom is 0.126 e. The van der Waals surface area contributed by atoms with E-state index in [4.69, 9.17) is 10.5 Å². The number of ether oxygens (including phenoxy) is 1. The van der Waals surface area contributed by atoms with E-state index in [1.165, 1.54) is 0 Å². The molecule has 0 atom stereocenters. The van der Waals surface area contributed by atoms with Crippen LogP contribution in [-0.4, -0.2) is 29.7 Å². The standard InChI is InChI=1S/C18H21N5O/c1-13-10-21-16(20)9-14(13)15-3-2-4-17(23-15)22-12-18(11-19)5-7-24-8-6-18/h2-4,9-10H,5-8,12H2,1H3,(H2,20,21)(H,22,23). The van der Waals surface area contributed by atoms with E-state index < -0.39 is 0 Å². The lowest BCUT2D eigenvalue weighted by Gasteiger charge is -2.30. The zero-order chi connectivity index (χ0) is 17.0. The van der Waals surface area contributed by atoms with E-state index in [9.17, 15) is 5.26 Å². The van der Waals surface area contributed by atoms with Crippen LogP contribution in [0.1, 0.15) is 18.4 Å². The number of anilines is 2. The monoisotopic (exact) mass is 323 g/mol. The number of aryl methyl sites for hydroxylation is 1. The summed E-state index contributed by atoms with van der Waals surface area (Å²) in [5, 5.41) is 12.8. The number of pyridine rings is 2. The second kappa shape index (κ2) is 6.85. The van der Waals surface area contributed by atoms with E-state index in [1.807, 2.05) is 31.2 Å². The average molecular weight is 323 g/mol. The van der Waals surface area contributed by atoms with E-state index in [1.54, 1.807) is 6.20 Å². The van der Waals surface area contributed by atoms with Gasteiger partial charge in [0.15, 0.2) is 0 Å². The number of hydrogen-bond acceptors (Lipinski definition) is 6. The van der Waals surface area contributed by atoms with Crippen molar-refractivity contribution in [3.05, 3.63) is 36.0 Å². The molecule has 6 heteroatoms. The number of nitrogen functional groups attached to an aromatic ring is 1. The normalized spacial score (nSPS) is 16.3. The van der Waals surface area contributed by atoms with Crippen LogP contribution >= 0.6 is 0 Å². The van der Waals surface area contributed by atoms with Crippen molar-refractivity contribution < 1.29 is 4.74 Å². The highest BCUT2D eigenvalue weighted by atomic mass is 16.5. The fourth-order valence-corrected chi connectivity index (χ4v) is 2.85. The molecule has 1 saturated heterocycles. The van der Waals surface area contributed by atoms with E-state index >= 15 is 0 Å². The van der Waals surface area contributed by atoms with Crippen LogP contribution in [0.25, 0.3) is 11.3 Å². The molecule has 6 nitrogen and oxygen atoms in total. The molecule has 0 bridgehead atoms. The molecule has 0 radical (unpaired) electrons. The molecule has 1 aliphatic rings. The minimum Gasteiger partial charge on any atom is -0.384 e. The third-order valence-electron chi connectivity index (χ3n) is 4.44. The highest BCUT2D eigenvalue weighted by Crippen LogP contribution is 2.30. The third kappa shape index (κ3) is 3.47. The Bertz CT molecular complexity index is 762. The molecule has 24 heavy (non-hydrogen) atoms. The Kier molecular flexibility index (Phi) is 4.63. The van der Waals surface area contributed by atoms with Gasteiger partial charge in [-0.2, -0.15) is 5.26 Å². The number of aromatic nitrogens is 2. The first-order valence-corrected chi connectivity index (χ1v) is 8.04. The van der Waals surface area contributed by atoms with Gasteiger partial charge in [0, 0.05) is 31.5 Å². The van der Waals surface area contributed by atoms with Crippen LogP contribution < -0.4 is 11.1 Å². The van der Waals surface area contributed by atoms with Crippen LogP contribution in [0.5, 0.6) is 0 Å². The number of nitrogens with zero attached hydrogens (tertiary/aromatic N) is 3. The van der Waals surface area contributed by atoms with Gasteiger partial charge in [0.2, 0.25) is 0 Å². The SMILES string of the molecule is Cc1cnc(N)cc1-c1cccc(NCC2(C#N)CCOCC2)n1. The topological polar surface area (TPSA) is 96.8 Å². The molecule has 2 aromatic rings. The minimum atomic E-state index is -0.382. The molecule has 124 valence electrons. The van der Waals surface area contributed by atoms with Gasteiger partial charge in [-0.05, 0) is 43.5 Å². The van der Waals surface area contributed by atoms with Gasteiger partial charge < -0.3 is 15.8 Å². The first-order valence-electron chi connectivity index (χ1n) is 8.04. The number of rotatable bonds is 4. The lowest BCUT2D eigenvalue weighted by molar-refractivity contribution is 0.0456. The Morgan fingerprint density at radius 2 is 2.17 bits per heavy atom. The predicted octanol–water partition coefficient (Wildman–Crippen LogP) is 2.77. The summed E-state index contributed by atoms with van der Waals surface area (Å²) in [6, 6.07) is 10.1. The fraction of sp³-hybridized carbons (Fsp3) is 0.389. The molecule has 3 heterocycles. The first-order chi connectivity index (χ1) is 11.6. The zero-order valence-corrected chi connectivity index (χ0v) is 13.7. The van der Waals surface area contributed by atoms with Crippen molar-refractivity contribution in [1.82, 2.24) is 9.97 Å². The van der Waals surface area contributed by atoms with Crippen LogP contribution in [-0.2, 0) is 4.74 Å². The average Bonchev–Trinajstić information content (AvgIpc) is 2.63. The number of nitrogens with two attached hydrogens (primary N) is 1. The molecule has 1 aliphatic heterocycles. The van der Waals surface area contributed by atoms with Gasteiger partial charge in [0.05, 0.1) is 17.2 Å². The van der Waals surface area contributed by atoms with Gasteiger partial charge in [-0.15, -0.1) is 0 Å². The second-order valence-corrected chi connectivity index (χ2v) is 6.19. The van der Waals surface area contributed by atoms with Crippen molar-refractivity contribution in [2.45, 2.75) is 19.8 Å². The highest BCUT2D eigenvalue weighted by molar-refractivity contribution is 5.67. The van der Waals surface area contributed by atoms with Crippen molar-refractivity contribution in [3.63, 3.8) is 0 Å². The van der Waals surface area contributed by atoms with Crippen LogP contribution in [0.3, 0.4) is 0 Å². The van der Waals surface area contributed by atoms with Crippen molar-refractivity contribution in [3.8, 4) is 17.3 Å². The smallest absolute Gasteiger partial charge is 0.126 e. The molecular formula is C18H21N5O. The summed E-state index contributed by atoms with van der Waals surface area (Å²) in [7, 11) is 0. The highest BCUT2D eigenvalue weighted by Gasteiger charge is 2.32. The quantitative estimate of drug-likeness (QED) is 0.898. The van der Waals surface area contributed by atoms with E-state index in [0.717, 1.165) is 35.5 Å². The van der Waals surface area contributed by atoms with Crippen LogP contribution in [0.4, 0.5) is 11.6 Å². The van der Waals surface area contributed by atoms with Crippen molar-refractivity contribution in [2.24, 2.45) is 5.41 Å². The maximum absolute atomic E-state index is 9.53. The van der Waals surface area contributed by atoms with Gasteiger partial charge in [0.1, 0.15) is 11.6 Å². The predicted molar refractivity (Wildman–Crippen MR) is 93.2 cm³/mol. The molecule has 0 aliphatic carbocycles. The molecule has 0 saturated carbocycles. The Morgan fingerprint density at radius 1 is 1.38 bits per heavy atom. The zero-order valence-electron chi connectivity index (χ0n) is 13.7. The molecule has 0 amide bonds. The van der Waals surface area contributed by atoms with E-state index in [-0.39, 0.29) is 5.41 Å². The van der Waals surface area contributed by atoms with E-state index in [2.05, 4.69) is 21.4 Å². The minimum absolute atomic E-state index is 0.382. The summed E-state index contributed by atoms with van der Waals surface area (Å²) in [6.45, 7) is 3.83. The van der Waals surface area contributed by atoms with Gasteiger partial charge in [-0.1, -0.05) is 6.07 Å². The Hall–Kier alpha value is -2.65. The summed E-state index contributed by atoms with van der Waals surface area (Å²) in [5.41, 5.74) is 8.23. The van der Waals surface area contributed by atoms with Gasteiger partial charge >= 0.3 is 0 Å². The van der Waals surface area contributed by atoms with Crippen LogP contribution in [0.2, 0.25) is 0 Å². The Labute approximate surface area is 141 Å². The molecule has 3 rings (SSSR count). The molecule has 1 fully saturated rings. The largest absolute Gasteiger partial charge is 0.384 e. The van der Waals surface area contributed by atoms with Crippen molar-refractivity contribution in [2.75, 3.05) is 30.8 Å². The molecular weight excluding hydrogens is 302 g/mol. The third-order valence-corrected chi connectivity index (χ3v) is 4.44. The number of nitrogens with one attached hydrogen (secondary N) is 1. The summed E-state index contributed by atoms with van der Waals surface area (Å²) in [6.07, 6.45) is 3.24. The Morgan fingerprint density at radius 3 is 2.92 bits per heavy atom. The van der Waals surface area contributed by atoms with Gasteiger partial charge in [-0.25, -0.2) is 9.97 Å². The summed E-state index contributed by atoms with van der Waals surface area (Å²) >= 11 is 0. The molecule has 2 aromatic heterocycles. The van der Waals surface area contributed by atoms with Gasteiger partial charge in [0.25, 0.3) is 0 Å². The number of nitriles is 1. The lowest BCUT2D eigenvalue weighted by Crippen LogP contribution is -2.34. The van der Waals surface area contributed by atoms with Crippen LogP contribution in [0, 0.1) is 23.7 Å². The molecule has 0 unspecified atom stereocenters. The van der Waals surface area contributed by atoms with Crippen molar-refractivity contribution >= 4 is 11.6 Å². The van der Waals surface area contributed by atoms with Gasteiger partial charge in [-0.3, -0.25) is 0 Å². The van der Waals surface area contributed by atoms with Crippen LogP contribution in [0.15, 0.2) is 30.5 Å². The Balaban J connectivity index is 1.78. The molecule has 0 aromatic carbocycles.